The zero-order valence-corrected chi connectivity index (χ0v) is 15.3. The van der Waals surface area contributed by atoms with Gasteiger partial charge in [-0.25, -0.2) is 4.99 Å². The molecule has 0 spiro atoms. The molecule has 1 aliphatic heterocycles. The first kappa shape index (κ1) is 16.6. The first-order chi connectivity index (χ1) is 13.1. The number of aliphatic hydroxyl groups excluding tert-OH is 1. The summed E-state index contributed by atoms with van der Waals surface area (Å²) in [6.07, 6.45) is 11.5. The van der Waals surface area contributed by atoms with Gasteiger partial charge in [0.15, 0.2) is 11.5 Å². The van der Waals surface area contributed by atoms with Crippen LogP contribution in [0.15, 0.2) is 53.2 Å². The molecular formula is C22H25N3O2. The van der Waals surface area contributed by atoms with Crippen LogP contribution in [0.1, 0.15) is 55.6 Å². The Labute approximate surface area is 159 Å². The van der Waals surface area contributed by atoms with Gasteiger partial charge in [0.05, 0.1) is 5.76 Å². The van der Waals surface area contributed by atoms with Crippen LogP contribution in [-0.2, 0) is 10.3 Å². The summed E-state index contributed by atoms with van der Waals surface area (Å²) in [7, 11) is 0. The van der Waals surface area contributed by atoms with Gasteiger partial charge in [-0.15, -0.1) is 0 Å². The highest BCUT2D eigenvalue weighted by molar-refractivity contribution is 6.08. The van der Waals surface area contributed by atoms with Crippen molar-refractivity contribution in [3.63, 3.8) is 0 Å². The van der Waals surface area contributed by atoms with Gasteiger partial charge in [0.1, 0.15) is 0 Å². The molecule has 5 rings (SSSR count). The summed E-state index contributed by atoms with van der Waals surface area (Å²) in [6, 6.07) is 8.40. The minimum Gasteiger partial charge on any atom is -0.512 e. The fraction of sp³-hybridized carbons (Fsp3) is 0.455. The van der Waals surface area contributed by atoms with Crippen LogP contribution in [0.3, 0.4) is 0 Å². The lowest BCUT2D eigenvalue weighted by Crippen LogP contribution is -2.51. The Balaban J connectivity index is 1.54. The van der Waals surface area contributed by atoms with E-state index in [0.717, 1.165) is 43.2 Å². The Morgan fingerprint density at radius 2 is 2.04 bits per heavy atom. The number of nitrogens with two attached hydrogens (primary N) is 1. The molecule has 140 valence electrons. The normalized spacial score (nSPS) is 30.9. The van der Waals surface area contributed by atoms with E-state index >= 15 is 0 Å². The summed E-state index contributed by atoms with van der Waals surface area (Å²) in [5.74, 6) is 1.19. The molecule has 3 N–H and O–H groups in total. The summed E-state index contributed by atoms with van der Waals surface area (Å²) in [5.41, 5.74) is 7.45. The SMILES string of the molecule is NC1=NC(c2cccc(C3C=CC=C(O)C3)c2)(C2CC2)C(=O)N1C1CCC1. The first-order valence-corrected chi connectivity index (χ1v) is 9.95. The van der Waals surface area contributed by atoms with Crippen molar-refractivity contribution in [3.8, 4) is 0 Å². The van der Waals surface area contributed by atoms with E-state index in [0.29, 0.717) is 18.1 Å². The van der Waals surface area contributed by atoms with Crippen LogP contribution in [0.5, 0.6) is 0 Å². The zero-order chi connectivity index (χ0) is 18.6. The number of hydrogen-bond acceptors (Lipinski definition) is 4. The van der Waals surface area contributed by atoms with Crippen molar-refractivity contribution in [2.24, 2.45) is 16.6 Å². The Bertz CT molecular complexity index is 879. The van der Waals surface area contributed by atoms with Crippen molar-refractivity contribution in [1.82, 2.24) is 4.90 Å². The smallest absolute Gasteiger partial charge is 0.262 e. The van der Waals surface area contributed by atoms with Crippen LogP contribution in [-0.4, -0.2) is 27.9 Å². The molecule has 27 heavy (non-hydrogen) atoms. The molecule has 4 aliphatic rings. The molecule has 2 saturated carbocycles. The number of benzene rings is 1. The molecule has 3 aliphatic carbocycles. The third-order valence-electron chi connectivity index (χ3n) is 6.51. The van der Waals surface area contributed by atoms with Crippen LogP contribution >= 0.6 is 0 Å². The molecule has 5 heteroatoms. The third kappa shape index (κ3) is 2.52. The van der Waals surface area contributed by atoms with E-state index < -0.39 is 5.54 Å². The lowest BCUT2D eigenvalue weighted by atomic mass is 9.81. The first-order valence-electron chi connectivity index (χ1n) is 9.95. The number of carbonyl (C=O) groups excluding carboxylic acids is 1. The van der Waals surface area contributed by atoms with Crippen molar-refractivity contribution in [2.45, 2.75) is 56.0 Å². The van der Waals surface area contributed by atoms with Crippen molar-refractivity contribution in [2.75, 3.05) is 0 Å². The summed E-state index contributed by atoms with van der Waals surface area (Å²) in [5, 5.41) is 9.89. The number of rotatable bonds is 4. The fourth-order valence-electron chi connectivity index (χ4n) is 4.66. The van der Waals surface area contributed by atoms with Crippen LogP contribution < -0.4 is 5.73 Å². The molecule has 1 aromatic rings. The average Bonchev–Trinajstić information content (AvgIpc) is 3.44. The molecule has 5 nitrogen and oxygen atoms in total. The molecule has 1 heterocycles. The maximum Gasteiger partial charge on any atom is 0.262 e. The van der Waals surface area contributed by atoms with Crippen molar-refractivity contribution in [1.29, 1.82) is 0 Å². The second kappa shape index (κ2) is 5.98. The van der Waals surface area contributed by atoms with E-state index in [1.54, 1.807) is 11.0 Å². The van der Waals surface area contributed by atoms with E-state index in [1.807, 2.05) is 18.2 Å². The van der Waals surface area contributed by atoms with E-state index in [1.165, 1.54) is 0 Å². The van der Waals surface area contributed by atoms with Gasteiger partial charge in [-0.1, -0.05) is 36.4 Å². The monoisotopic (exact) mass is 363 g/mol. The molecule has 2 unspecified atom stereocenters. The number of hydrogen-bond donors (Lipinski definition) is 2. The van der Waals surface area contributed by atoms with Crippen LogP contribution in [0, 0.1) is 5.92 Å². The predicted molar refractivity (Wildman–Crippen MR) is 104 cm³/mol. The topological polar surface area (TPSA) is 78.9 Å². The fourth-order valence-corrected chi connectivity index (χ4v) is 4.66. The van der Waals surface area contributed by atoms with E-state index in [-0.39, 0.29) is 23.8 Å². The van der Waals surface area contributed by atoms with Gasteiger partial charge >= 0.3 is 0 Å². The van der Waals surface area contributed by atoms with E-state index in [4.69, 9.17) is 10.7 Å². The second-order valence-electron chi connectivity index (χ2n) is 8.25. The molecule has 2 fully saturated rings. The maximum atomic E-state index is 13.6. The molecule has 0 bridgehead atoms. The predicted octanol–water partition coefficient (Wildman–Crippen LogP) is 3.49. The lowest BCUT2D eigenvalue weighted by Gasteiger charge is -2.36. The number of aliphatic hydroxyl groups is 1. The van der Waals surface area contributed by atoms with E-state index in [9.17, 15) is 9.90 Å². The Hall–Kier alpha value is -2.56. The highest BCUT2D eigenvalue weighted by atomic mass is 16.3. The number of carbonyl (C=O) groups is 1. The Morgan fingerprint density at radius 1 is 1.22 bits per heavy atom. The van der Waals surface area contributed by atoms with Crippen molar-refractivity contribution < 1.29 is 9.90 Å². The van der Waals surface area contributed by atoms with Crippen LogP contribution in [0.25, 0.3) is 0 Å². The van der Waals surface area contributed by atoms with Crippen LogP contribution in [0.4, 0.5) is 0 Å². The second-order valence-corrected chi connectivity index (χ2v) is 8.25. The summed E-state index contributed by atoms with van der Waals surface area (Å²) < 4.78 is 0. The molecule has 2 atom stereocenters. The van der Waals surface area contributed by atoms with Gasteiger partial charge in [-0.2, -0.15) is 0 Å². The summed E-state index contributed by atoms with van der Waals surface area (Å²) in [4.78, 5) is 20.1. The van der Waals surface area contributed by atoms with Gasteiger partial charge in [-0.05, 0) is 55.2 Å². The van der Waals surface area contributed by atoms with E-state index in [2.05, 4.69) is 18.2 Å². The van der Waals surface area contributed by atoms with Gasteiger partial charge in [-0.3, -0.25) is 9.69 Å². The highest BCUT2D eigenvalue weighted by Crippen LogP contribution is 2.53. The molecule has 0 saturated heterocycles. The van der Waals surface area contributed by atoms with Gasteiger partial charge in [0.25, 0.3) is 5.91 Å². The Morgan fingerprint density at radius 3 is 2.70 bits per heavy atom. The number of aliphatic imine (C=N–C) groups is 1. The zero-order valence-electron chi connectivity index (χ0n) is 15.3. The van der Waals surface area contributed by atoms with Crippen molar-refractivity contribution in [3.05, 3.63) is 59.4 Å². The average molecular weight is 363 g/mol. The lowest BCUT2D eigenvalue weighted by molar-refractivity contribution is -0.135. The van der Waals surface area contributed by atoms with Crippen LogP contribution in [0.2, 0.25) is 0 Å². The maximum absolute atomic E-state index is 13.6. The van der Waals surface area contributed by atoms with Gasteiger partial charge < -0.3 is 10.8 Å². The Kier molecular flexibility index (Phi) is 3.67. The standard InChI is InChI=1S/C22H25N3O2/c23-21-24-22(16-10-11-16,20(27)25(21)18-7-3-8-18)17-6-1-4-14(12-17)15-5-2-9-19(26)13-15/h1-2,4-6,9,12,15-16,18,26H,3,7-8,10-11,13H2,(H2,23,24). The molecule has 1 amide bonds. The molecular weight excluding hydrogens is 338 g/mol. The number of allylic oxidation sites excluding steroid dienone is 4. The largest absolute Gasteiger partial charge is 0.512 e. The molecule has 0 aromatic heterocycles. The number of nitrogens with zero attached hydrogens (tertiary/aromatic N) is 2. The highest BCUT2D eigenvalue weighted by Gasteiger charge is 2.59. The quantitative estimate of drug-likeness (QED) is 0.859. The minimum atomic E-state index is -0.855. The number of guanidine groups is 1. The molecule has 1 aromatic carbocycles. The minimum absolute atomic E-state index is 0.0614. The third-order valence-corrected chi connectivity index (χ3v) is 6.51. The summed E-state index contributed by atoms with van der Waals surface area (Å²) in [6.45, 7) is 0. The molecule has 0 radical (unpaired) electrons. The van der Waals surface area contributed by atoms with Gasteiger partial charge in [0, 0.05) is 18.4 Å². The summed E-state index contributed by atoms with van der Waals surface area (Å²) >= 11 is 0. The van der Waals surface area contributed by atoms with Gasteiger partial charge in [0.2, 0.25) is 0 Å². The number of amides is 1. The van der Waals surface area contributed by atoms with Crippen molar-refractivity contribution >= 4 is 11.9 Å².